The number of pyridine rings is 1. The molecule has 8 heteroatoms. The number of alkyl halides is 3. The fourth-order valence-electron chi connectivity index (χ4n) is 5.13. The number of imidazole rings is 1. The second kappa shape index (κ2) is 6.79. The molecule has 2 aromatic heterocycles. The summed E-state index contributed by atoms with van der Waals surface area (Å²) in [6, 6.07) is 2.13. The van der Waals surface area contributed by atoms with Crippen molar-refractivity contribution in [2.45, 2.75) is 57.8 Å². The molecule has 0 bridgehead atoms. The van der Waals surface area contributed by atoms with Gasteiger partial charge in [-0.25, -0.2) is 4.98 Å². The standard InChI is InChI=1S/C22H27F3N4O/c1-13(2)20-27-19(15-4-18(22(23,24)25)14(3)26-7-15)8-29(20)16-5-21(6-16)11-28(12-21)17-9-30-10-17/h4,7-8,13,16-17H,5-6,9-12H2,1-3H3. The number of rotatable bonds is 4. The number of hydrogen-bond donors (Lipinski definition) is 0. The predicted molar refractivity (Wildman–Crippen MR) is 106 cm³/mol. The van der Waals surface area contributed by atoms with Gasteiger partial charge in [0.15, 0.2) is 0 Å². The number of aryl methyl sites for hydroxylation is 1. The van der Waals surface area contributed by atoms with Gasteiger partial charge in [0, 0.05) is 48.7 Å². The zero-order valence-electron chi connectivity index (χ0n) is 17.5. The maximum absolute atomic E-state index is 13.3. The largest absolute Gasteiger partial charge is 0.418 e. The zero-order chi connectivity index (χ0) is 21.3. The Morgan fingerprint density at radius 3 is 2.43 bits per heavy atom. The minimum absolute atomic E-state index is 0.0119. The molecule has 2 aliphatic heterocycles. The molecule has 5 rings (SSSR count). The van der Waals surface area contributed by atoms with Gasteiger partial charge >= 0.3 is 6.18 Å². The molecule has 1 aliphatic carbocycles. The normalized spacial score (nSPS) is 22.2. The molecule has 0 amide bonds. The van der Waals surface area contributed by atoms with E-state index in [0.717, 1.165) is 45.0 Å². The van der Waals surface area contributed by atoms with Crippen LogP contribution in [-0.2, 0) is 10.9 Å². The lowest BCUT2D eigenvalue weighted by atomic mass is 9.60. The van der Waals surface area contributed by atoms with Gasteiger partial charge in [-0.3, -0.25) is 9.88 Å². The van der Waals surface area contributed by atoms with Gasteiger partial charge in [0.05, 0.1) is 30.5 Å². The molecule has 3 aliphatic rings. The zero-order valence-corrected chi connectivity index (χ0v) is 17.5. The van der Waals surface area contributed by atoms with E-state index in [-0.39, 0.29) is 11.6 Å². The van der Waals surface area contributed by atoms with Gasteiger partial charge in [-0.05, 0) is 31.2 Å². The molecule has 30 heavy (non-hydrogen) atoms. The molecule has 5 nitrogen and oxygen atoms in total. The quantitative estimate of drug-likeness (QED) is 0.734. The van der Waals surface area contributed by atoms with Crippen molar-refractivity contribution < 1.29 is 17.9 Å². The third-order valence-electron chi connectivity index (χ3n) is 6.91. The van der Waals surface area contributed by atoms with Crippen LogP contribution in [-0.4, -0.2) is 51.8 Å². The first-order valence-electron chi connectivity index (χ1n) is 10.6. The Hall–Kier alpha value is -1.93. The summed E-state index contributed by atoms with van der Waals surface area (Å²) < 4.78 is 47.5. The third-order valence-corrected chi connectivity index (χ3v) is 6.91. The SMILES string of the molecule is Cc1ncc(-c2cn(C3CC4(C3)CN(C3COC3)C4)c(C(C)C)n2)cc1C(F)(F)F. The van der Waals surface area contributed by atoms with Crippen LogP contribution in [0.2, 0.25) is 0 Å². The molecule has 0 atom stereocenters. The molecule has 0 aromatic carbocycles. The topological polar surface area (TPSA) is 43.2 Å². The third kappa shape index (κ3) is 3.24. The van der Waals surface area contributed by atoms with Crippen molar-refractivity contribution in [2.24, 2.45) is 5.41 Å². The Kier molecular flexibility index (Phi) is 4.52. The molecule has 2 aromatic rings. The highest BCUT2D eigenvalue weighted by atomic mass is 19.4. The molecule has 1 saturated carbocycles. The Labute approximate surface area is 174 Å². The molecule has 1 spiro atoms. The van der Waals surface area contributed by atoms with Gasteiger partial charge in [-0.2, -0.15) is 13.2 Å². The summed E-state index contributed by atoms with van der Waals surface area (Å²) in [7, 11) is 0. The van der Waals surface area contributed by atoms with Crippen LogP contribution in [0.5, 0.6) is 0 Å². The number of likely N-dealkylation sites (tertiary alicyclic amines) is 1. The van der Waals surface area contributed by atoms with Crippen molar-refractivity contribution in [3.05, 3.63) is 35.5 Å². The Bertz CT molecular complexity index is 950. The number of nitrogens with zero attached hydrogens (tertiary/aromatic N) is 4. The molecule has 0 N–H and O–H groups in total. The van der Waals surface area contributed by atoms with Crippen LogP contribution in [0.4, 0.5) is 13.2 Å². The maximum Gasteiger partial charge on any atom is 0.418 e. The first-order chi connectivity index (χ1) is 14.2. The van der Waals surface area contributed by atoms with Crippen molar-refractivity contribution in [3.8, 4) is 11.3 Å². The maximum atomic E-state index is 13.3. The number of aromatic nitrogens is 3. The van der Waals surface area contributed by atoms with Crippen molar-refractivity contribution in [1.29, 1.82) is 0 Å². The van der Waals surface area contributed by atoms with Crippen LogP contribution in [0.25, 0.3) is 11.3 Å². The molecule has 0 radical (unpaired) electrons. The van der Waals surface area contributed by atoms with Crippen molar-refractivity contribution >= 4 is 0 Å². The first-order valence-corrected chi connectivity index (χ1v) is 10.6. The summed E-state index contributed by atoms with van der Waals surface area (Å²) in [5.41, 5.74) is 0.676. The van der Waals surface area contributed by atoms with Crippen molar-refractivity contribution in [3.63, 3.8) is 0 Å². The molecule has 0 unspecified atom stereocenters. The fourth-order valence-corrected chi connectivity index (χ4v) is 5.13. The van der Waals surface area contributed by atoms with E-state index in [1.54, 1.807) is 0 Å². The Balaban J connectivity index is 1.36. The highest BCUT2D eigenvalue weighted by molar-refractivity contribution is 5.59. The average Bonchev–Trinajstić information content (AvgIpc) is 2.98. The minimum atomic E-state index is -4.42. The molecule has 3 fully saturated rings. The minimum Gasteiger partial charge on any atom is -0.378 e. The molecular weight excluding hydrogens is 393 g/mol. The van der Waals surface area contributed by atoms with Crippen LogP contribution >= 0.6 is 0 Å². The summed E-state index contributed by atoms with van der Waals surface area (Å²) in [6.07, 6.45) is 1.21. The second-order valence-electron chi connectivity index (χ2n) is 9.56. The number of hydrogen-bond acceptors (Lipinski definition) is 4. The van der Waals surface area contributed by atoms with E-state index >= 15 is 0 Å². The van der Waals surface area contributed by atoms with Gasteiger partial charge in [-0.1, -0.05) is 13.8 Å². The van der Waals surface area contributed by atoms with Gasteiger partial charge in [0.2, 0.25) is 0 Å². The summed E-state index contributed by atoms with van der Waals surface area (Å²) in [4.78, 5) is 11.2. The molecule has 162 valence electrons. The second-order valence-corrected chi connectivity index (χ2v) is 9.56. The summed E-state index contributed by atoms with van der Waals surface area (Å²) >= 11 is 0. The van der Waals surface area contributed by atoms with E-state index in [0.29, 0.717) is 28.8 Å². The lowest BCUT2D eigenvalue weighted by Crippen LogP contribution is -2.68. The van der Waals surface area contributed by atoms with Crippen LogP contribution < -0.4 is 0 Å². The lowest BCUT2D eigenvalue weighted by molar-refractivity contribution is -0.165. The fraction of sp³-hybridized carbons (Fsp3) is 0.636. The van der Waals surface area contributed by atoms with Crippen LogP contribution in [0.1, 0.15) is 55.7 Å². The highest BCUT2D eigenvalue weighted by Crippen LogP contribution is 2.55. The van der Waals surface area contributed by atoms with Crippen molar-refractivity contribution in [2.75, 3.05) is 26.3 Å². The molecule has 2 saturated heterocycles. The first kappa shape index (κ1) is 20.0. The smallest absolute Gasteiger partial charge is 0.378 e. The van der Waals surface area contributed by atoms with Gasteiger partial charge in [-0.15, -0.1) is 0 Å². The van der Waals surface area contributed by atoms with Gasteiger partial charge < -0.3 is 9.30 Å². The highest BCUT2D eigenvalue weighted by Gasteiger charge is 2.55. The van der Waals surface area contributed by atoms with E-state index in [1.807, 2.05) is 6.20 Å². The van der Waals surface area contributed by atoms with Gasteiger partial charge in [0.25, 0.3) is 0 Å². The predicted octanol–water partition coefficient (Wildman–Crippen LogP) is 4.43. The summed E-state index contributed by atoms with van der Waals surface area (Å²) in [5.74, 6) is 1.13. The summed E-state index contributed by atoms with van der Waals surface area (Å²) in [6.45, 7) is 9.51. The Morgan fingerprint density at radius 1 is 1.17 bits per heavy atom. The monoisotopic (exact) mass is 420 g/mol. The molecular formula is C22H27F3N4O. The Morgan fingerprint density at radius 2 is 1.87 bits per heavy atom. The van der Waals surface area contributed by atoms with E-state index in [2.05, 4.69) is 28.3 Å². The van der Waals surface area contributed by atoms with E-state index in [1.165, 1.54) is 19.2 Å². The average molecular weight is 420 g/mol. The van der Waals surface area contributed by atoms with E-state index in [9.17, 15) is 13.2 Å². The van der Waals surface area contributed by atoms with Crippen LogP contribution in [0, 0.1) is 12.3 Å². The van der Waals surface area contributed by atoms with Gasteiger partial charge in [0.1, 0.15) is 5.82 Å². The summed E-state index contributed by atoms with van der Waals surface area (Å²) in [5, 5.41) is 0. The van der Waals surface area contributed by atoms with Crippen molar-refractivity contribution in [1.82, 2.24) is 19.4 Å². The van der Waals surface area contributed by atoms with Crippen LogP contribution in [0.15, 0.2) is 18.5 Å². The number of ether oxygens (including phenoxy) is 1. The lowest BCUT2D eigenvalue weighted by Gasteiger charge is -2.62. The van der Waals surface area contributed by atoms with E-state index < -0.39 is 11.7 Å². The number of halogens is 3. The van der Waals surface area contributed by atoms with E-state index in [4.69, 9.17) is 9.72 Å². The molecule has 4 heterocycles. The van der Waals surface area contributed by atoms with Crippen LogP contribution in [0.3, 0.4) is 0 Å².